The Morgan fingerprint density at radius 3 is 2.33 bits per heavy atom. The number of nitrogens with two attached hydrogens (primary N) is 1. The zero-order valence-corrected chi connectivity index (χ0v) is 12.2. The van der Waals surface area contributed by atoms with Crippen LogP contribution in [0.2, 0.25) is 0 Å². The van der Waals surface area contributed by atoms with Crippen molar-refractivity contribution in [1.29, 1.82) is 0 Å². The number of amides is 1. The van der Waals surface area contributed by atoms with Gasteiger partial charge in [-0.25, -0.2) is 0 Å². The number of hydrogen-bond donors (Lipinski definition) is 2. The fourth-order valence-corrected chi connectivity index (χ4v) is 3.35. The van der Waals surface area contributed by atoms with Crippen LogP contribution in [-0.4, -0.2) is 48.1 Å². The molecule has 5 nitrogen and oxygen atoms in total. The van der Waals surface area contributed by atoms with E-state index in [1.165, 1.54) is 0 Å². The van der Waals surface area contributed by atoms with Crippen molar-refractivity contribution >= 4 is 11.6 Å². The molecule has 1 aromatic rings. The molecule has 2 atom stereocenters. The van der Waals surface area contributed by atoms with E-state index in [0.717, 1.165) is 51.1 Å². The minimum atomic E-state index is 0.139. The van der Waals surface area contributed by atoms with Crippen LogP contribution in [0.1, 0.15) is 19.3 Å². The number of carbonyl (C=O) groups excluding carboxylic acids is 1. The quantitative estimate of drug-likeness (QED) is 0.857. The topological polar surface area (TPSA) is 69.8 Å². The Kier molecular flexibility index (Phi) is 4.01. The van der Waals surface area contributed by atoms with Gasteiger partial charge in [-0.05, 0) is 43.5 Å². The number of anilines is 1. The van der Waals surface area contributed by atoms with E-state index in [1.54, 1.807) is 12.1 Å². The number of rotatable bonds is 2. The van der Waals surface area contributed by atoms with Crippen molar-refractivity contribution < 1.29 is 9.90 Å². The molecular formula is C16H23N3O2. The average molecular weight is 289 g/mol. The van der Waals surface area contributed by atoms with Gasteiger partial charge in [0.1, 0.15) is 5.75 Å². The summed E-state index contributed by atoms with van der Waals surface area (Å²) in [7, 11) is 0. The van der Waals surface area contributed by atoms with Crippen LogP contribution in [-0.2, 0) is 4.79 Å². The summed E-state index contributed by atoms with van der Waals surface area (Å²) in [4.78, 5) is 16.7. The van der Waals surface area contributed by atoms with Gasteiger partial charge in [-0.2, -0.15) is 0 Å². The van der Waals surface area contributed by atoms with Crippen molar-refractivity contribution in [3.63, 3.8) is 0 Å². The molecule has 3 N–H and O–H groups in total. The van der Waals surface area contributed by atoms with E-state index >= 15 is 0 Å². The van der Waals surface area contributed by atoms with Gasteiger partial charge < -0.3 is 20.6 Å². The molecule has 0 radical (unpaired) electrons. The van der Waals surface area contributed by atoms with Gasteiger partial charge in [-0.1, -0.05) is 0 Å². The summed E-state index contributed by atoms with van der Waals surface area (Å²) in [5, 5.41) is 9.33. The largest absolute Gasteiger partial charge is 0.508 e. The van der Waals surface area contributed by atoms with Gasteiger partial charge in [0.2, 0.25) is 5.91 Å². The van der Waals surface area contributed by atoms with Crippen molar-refractivity contribution in [3.05, 3.63) is 24.3 Å². The molecule has 114 valence electrons. The van der Waals surface area contributed by atoms with Crippen molar-refractivity contribution in [2.24, 2.45) is 11.7 Å². The molecule has 1 saturated carbocycles. The van der Waals surface area contributed by atoms with Gasteiger partial charge in [0, 0.05) is 43.8 Å². The lowest BCUT2D eigenvalue weighted by Gasteiger charge is -2.37. The lowest BCUT2D eigenvalue weighted by Crippen LogP contribution is -2.50. The van der Waals surface area contributed by atoms with Crippen LogP contribution in [0.15, 0.2) is 24.3 Å². The standard InChI is InChI=1S/C16H23N3O2/c17-13-2-1-12(11-13)16(21)19-9-7-18(8-10-19)14-3-5-15(20)6-4-14/h3-6,12-13,20H,1-2,7-11,17H2/t12-,13+/m0/s1. The highest BCUT2D eigenvalue weighted by Gasteiger charge is 2.32. The Labute approximate surface area is 125 Å². The Balaban J connectivity index is 1.55. The predicted molar refractivity (Wildman–Crippen MR) is 82.2 cm³/mol. The molecular weight excluding hydrogens is 266 g/mol. The first-order valence-electron chi connectivity index (χ1n) is 7.72. The van der Waals surface area contributed by atoms with Gasteiger partial charge >= 0.3 is 0 Å². The summed E-state index contributed by atoms with van der Waals surface area (Å²) in [5.74, 6) is 0.707. The smallest absolute Gasteiger partial charge is 0.225 e. The molecule has 3 rings (SSSR count). The van der Waals surface area contributed by atoms with Crippen LogP contribution in [0.3, 0.4) is 0 Å². The molecule has 1 aromatic carbocycles. The minimum absolute atomic E-state index is 0.139. The second-order valence-electron chi connectivity index (χ2n) is 6.10. The highest BCUT2D eigenvalue weighted by Crippen LogP contribution is 2.27. The number of hydrogen-bond acceptors (Lipinski definition) is 4. The van der Waals surface area contributed by atoms with E-state index in [9.17, 15) is 9.90 Å². The normalized spacial score (nSPS) is 26.1. The third-order valence-electron chi connectivity index (χ3n) is 4.63. The zero-order chi connectivity index (χ0) is 14.8. The third-order valence-corrected chi connectivity index (χ3v) is 4.63. The van der Waals surface area contributed by atoms with Crippen LogP contribution in [0.5, 0.6) is 5.75 Å². The molecule has 1 heterocycles. The van der Waals surface area contributed by atoms with Crippen LogP contribution < -0.4 is 10.6 Å². The van der Waals surface area contributed by atoms with E-state index in [0.29, 0.717) is 0 Å². The van der Waals surface area contributed by atoms with Crippen molar-refractivity contribution in [1.82, 2.24) is 4.90 Å². The summed E-state index contributed by atoms with van der Waals surface area (Å²) in [6, 6.07) is 7.45. The Morgan fingerprint density at radius 1 is 1.10 bits per heavy atom. The molecule has 0 spiro atoms. The SMILES string of the molecule is N[C@@H]1CC[C@H](C(=O)N2CCN(c3ccc(O)cc3)CC2)C1. The Morgan fingerprint density at radius 2 is 1.76 bits per heavy atom. The monoisotopic (exact) mass is 289 g/mol. The van der Waals surface area contributed by atoms with Gasteiger partial charge in [-0.15, -0.1) is 0 Å². The maximum absolute atomic E-state index is 12.5. The third kappa shape index (κ3) is 3.13. The first-order valence-corrected chi connectivity index (χ1v) is 7.72. The summed E-state index contributed by atoms with van der Waals surface area (Å²) >= 11 is 0. The van der Waals surface area contributed by atoms with E-state index in [2.05, 4.69) is 4.90 Å². The molecule has 0 unspecified atom stereocenters. The second kappa shape index (κ2) is 5.93. The molecule has 2 fully saturated rings. The first-order chi connectivity index (χ1) is 10.1. The molecule has 1 amide bonds. The van der Waals surface area contributed by atoms with Crippen LogP contribution in [0.4, 0.5) is 5.69 Å². The van der Waals surface area contributed by atoms with E-state index < -0.39 is 0 Å². The number of carbonyl (C=O) groups is 1. The van der Waals surface area contributed by atoms with Crippen molar-refractivity contribution in [2.75, 3.05) is 31.1 Å². The summed E-state index contributed by atoms with van der Waals surface area (Å²) in [6.45, 7) is 3.22. The number of nitrogens with zero attached hydrogens (tertiary/aromatic N) is 2. The molecule has 0 bridgehead atoms. The van der Waals surface area contributed by atoms with Crippen LogP contribution in [0, 0.1) is 5.92 Å². The van der Waals surface area contributed by atoms with Crippen molar-refractivity contribution in [2.45, 2.75) is 25.3 Å². The maximum Gasteiger partial charge on any atom is 0.225 e. The Bertz CT molecular complexity index is 495. The van der Waals surface area contributed by atoms with Gasteiger partial charge in [0.15, 0.2) is 0 Å². The fourth-order valence-electron chi connectivity index (χ4n) is 3.35. The second-order valence-corrected chi connectivity index (χ2v) is 6.10. The first kappa shape index (κ1) is 14.2. The highest BCUT2D eigenvalue weighted by molar-refractivity contribution is 5.79. The number of aromatic hydroxyl groups is 1. The Hall–Kier alpha value is -1.75. The summed E-state index contributed by atoms with van der Waals surface area (Å²) < 4.78 is 0. The minimum Gasteiger partial charge on any atom is -0.508 e. The highest BCUT2D eigenvalue weighted by atomic mass is 16.3. The molecule has 5 heteroatoms. The van der Waals surface area contributed by atoms with E-state index in [4.69, 9.17) is 5.73 Å². The van der Waals surface area contributed by atoms with Gasteiger partial charge in [-0.3, -0.25) is 4.79 Å². The molecule has 1 aliphatic heterocycles. The van der Waals surface area contributed by atoms with Gasteiger partial charge in [0.25, 0.3) is 0 Å². The molecule has 0 aromatic heterocycles. The predicted octanol–water partition coefficient (Wildman–Crippen LogP) is 1.17. The molecule has 1 saturated heterocycles. The molecule has 2 aliphatic rings. The summed E-state index contributed by atoms with van der Waals surface area (Å²) in [6.07, 6.45) is 2.76. The number of phenols is 1. The average Bonchev–Trinajstić information content (AvgIpc) is 2.94. The number of benzene rings is 1. The maximum atomic E-state index is 12.5. The van der Waals surface area contributed by atoms with E-state index in [-0.39, 0.29) is 23.6 Å². The summed E-state index contributed by atoms with van der Waals surface area (Å²) in [5.41, 5.74) is 7.00. The fraction of sp³-hybridized carbons (Fsp3) is 0.562. The van der Waals surface area contributed by atoms with Crippen molar-refractivity contribution in [3.8, 4) is 5.75 Å². The zero-order valence-electron chi connectivity index (χ0n) is 12.2. The lowest BCUT2D eigenvalue weighted by atomic mass is 10.1. The van der Waals surface area contributed by atoms with Crippen LogP contribution >= 0.6 is 0 Å². The number of phenolic OH excluding ortho intramolecular Hbond substituents is 1. The lowest BCUT2D eigenvalue weighted by molar-refractivity contribution is -0.135. The van der Waals surface area contributed by atoms with E-state index in [1.807, 2.05) is 17.0 Å². The van der Waals surface area contributed by atoms with Crippen LogP contribution in [0.25, 0.3) is 0 Å². The van der Waals surface area contributed by atoms with Gasteiger partial charge in [0.05, 0.1) is 0 Å². The molecule has 21 heavy (non-hydrogen) atoms. The molecule has 1 aliphatic carbocycles. The number of piperazine rings is 1.